The van der Waals surface area contributed by atoms with Crippen LogP contribution >= 0.6 is 0 Å². The Balaban J connectivity index is 1.54. The Morgan fingerprint density at radius 2 is 2.00 bits per heavy atom. The third kappa shape index (κ3) is 4.60. The molecule has 0 unspecified atom stereocenters. The van der Waals surface area contributed by atoms with Crippen molar-refractivity contribution in [3.63, 3.8) is 0 Å². The highest BCUT2D eigenvalue weighted by atomic mass is 19.4. The van der Waals surface area contributed by atoms with Gasteiger partial charge in [-0.15, -0.1) is 0 Å². The molecule has 0 aliphatic heterocycles. The van der Waals surface area contributed by atoms with Crippen LogP contribution < -0.4 is 5.32 Å². The van der Waals surface area contributed by atoms with Crippen molar-refractivity contribution in [1.29, 1.82) is 0 Å². The molecule has 2 aliphatic rings. The predicted molar refractivity (Wildman–Crippen MR) is 91.2 cm³/mol. The molecule has 10 heteroatoms. The number of hydrogen-bond acceptors (Lipinski definition) is 5. The van der Waals surface area contributed by atoms with Gasteiger partial charge in [0.1, 0.15) is 5.69 Å². The maximum Gasteiger partial charge on any atom is 0.416 e. The van der Waals surface area contributed by atoms with Gasteiger partial charge in [-0.1, -0.05) is 6.42 Å². The second-order valence-electron chi connectivity index (χ2n) is 7.33. The summed E-state index contributed by atoms with van der Waals surface area (Å²) < 4.78 is 43.0. The summed E-state index contributed by atoms with van der Waals surface area (Å²) in [6.45, 7) is -0.655. The van der Waals surface area contributed by atoms with Crippen LogP contribution in [-0.2, 0) is 20.5 Å². The molecule has 2 aliphatic carbocycles. The standard InChI is InChI=1S/C18H19F3N2O5/c19-18(20,21)13-3-4-14(15(8-13)23(26)27)22-16(24)9-28-17(25)7-12-6-10-1-2-11(12)5-10/h3-4,8,10-12H,1-2,5-7,9H2,(H,22,24)/t10-,11-,12-/m1/s1. The topological polar surface area (TPSA) is 98.5 Å². The third-order valence-electron chi connectivity index (χ3n) is 5.47. The number of anilines is 1. The van der Waals surface area contributed by atoms with Crippen molar-refractivity contribution < 1.29 is 32.4 Å². The predicted octanol–water partition coefficient (Wildman–Crippen LogP) is 3.92. The Morgan fingerprint density at radius 3 is 2.57 bits per heavy atom. The molecule has 1 N–H and O–H groups in total. The van der Waals surface area contributed by atoms with Gasteiger partial charge in [-0.2, -0.15) is 13.2 Å². The summed E-state index contributed by atoms with van der Waals surface area (Å²) in [4.78, 5) is 33.8. The highest BCUT2D eigenvalue weighted by Gasteiger charge is 2.40. The Labute approximate surface area is 158 Å². The number of halogens is 3. The fraction of sp³-hybridized carbons (Fsp3) is 0.556. The molecular formula is C18H19F3N2O5. The van der Waals surface area contributed by atoms with Crippen LogP contribution in [0.1, 0.15) is 37.7 Å². The van der Waals surface area contributed by atoms with E-state index in [0.717, 1.165) is 25.3 Å². The highest BCUT2D eigenvalue weighted by molar-refractivity contribution is 5.94. The van der Waals surface area contributed by atoms with Crippen LogP contribution in [-0.4, -0.2) is 23.4 Å². The summed E-state index contributed by atoms with van der Waals surface area (Å²) in [5, 5.41) is 13.1. The first-order chi connectivity index (χ1) is 13.1. The Bertz CT molecular complexity index is 796. The van der Waals surface area contributed by atoms with Crippen molar-refractivity contribution >= 4 is 23.3 Å². The minimum atomic E-state index is -4.75. The van der Waals surface area contributed by atoms with Crippen LogP contribution in [0.25, 0.3) is 0 Å². The quantitative estimate of drug-likeness (QED) is 0.443. The number of carbonyl (C=O) groups excluding carboxylic acids is 2. The first-order valence-electron chi connectivity index (χ1n) is 8.94. The molecule has 1 aromatic rings. The van der Waals surface area contributed by atoms with Crippen LogP contribution in [0.2, 0.25) is 0 Å². The molecule has 0 aromatic heterocycles. The molecule has 1 aromatic carbocycles. The number of ether oxygens (including phenoxy) is 1. The number of nitrogens with zero attached hydrogens (tertiary/aromatic N) is 1. The molecule has 28 heavy (non-hydrogen) atoms. The number of benzene rings is 1. The van der Waals surface area contributed by atoms with E-state index in [1.807, 2.05) is 0 Å². The molecule has 2 fully saturated rings. The van der Waals surface area contributed by atoms with Gasteiger partial charge in [0.2, 0.25) is 0 Å². The van der Waals surface area contributed by atoms with Crippen molar-refractivity contribution in [2.45, 2.75) is 38.3 Å². The van der Waals surface area contributed by atoms with Gasteiger partial charge in [0.05, 0.1) is 10.5 Å². The number of alkyl halides is 3. The first-order valence-corrected chi connectivity index (χ1v) is 8.94. The Morgan fingerprint density at radius 1 is 1.25 bits per heavy atom. The number of nitro benzene ring substituents is 1. The number of nitro groups is 1. The molecule has 2 saturated carbocycles. The molecule has 7 nitrogen and oxygen atoms in total. The van der Waals surface area contributed by atoms with Gasteiger partial charge < -0.3 is 10.1 Å². The molecule has 0 heterocycles. The fourth-order valence-corrected chi connectivity index (χ4v) is 4.20. The summed E-state index contributed by atoms with van der Waals surface area (Å²) in [6, 6.07) is 1.77. The molecule has 1 amide bonds. The van der Waals surface area contributed by atoms with E-state index >= 15 is 0 Å². The highest BCUT2D eigenvalue weighted by Crippen LogP contribution is 2.49. The van der Waals surface area contributed by atoms with Gasteiger partial charge in [0.15, 0.2) is 6.61 Å². The van der Waals surface area contributed by atoms with E-state index < -0.39 is 46.5 Å². The second kappa shape index (κ2) is 7.76. The van der Waals surface area contributed by atoms with Gasteiger partial charge in [-0.05, 0) is 49.1 Å². The van der Waals surface area contributed by atoms with E-state index in [9.17, 15) is 32.9 Å². The Kier molecular flexibility index (Phi) is 5.57. The van der Waals surface area contributed by atoms with E-state index in [4.69, 9.17) is 4.74 Å². The molecule has 0 radical (unpaired) electrons. The molecule has 3 atom stereocenters. The van der Waals surface area contributed by atoms with E-state index in [0.29, 0.717) is 24.0 Å². The SMILES string of the molecule is O=C(COC(=O)C[C@H]1C[C@@H]2CC[C@@H]1C2)Nc1ccc(C(F)(F)F)cc1[N+](=O)[O-]. The lowest BCUT2D eigenvalue weighted by atomic mass is 9.86. The average molecular weight is 400 g/mol. The molecule has 0 saturated heterocycles. The van der Waals surface area contributed by atoms with Gasteiger partial charge in [0, 0.05) is 12.5 Å². The first kappa shape index (κ1) is 20.1. The van der Waals surface area contributed by atoms with Crippen LogP contribution in [0, 0.1) is 27.9 Å². The van der Waals surface area contributed by atoms with E-state index in [1.165, 1.54) is 6.42 Å². The smallest absolute Gasteiger partial charge is 0.416 e. The Hall–Kier alpha value is -2.65. The zero-order valence-electron chi connectivity index (χ0n) is 14.8. The average Bonchev–Trinajstić information content (AvgIpc) is 3.22. The molecule has 2 bridgehead atoms. The van der Waals surface area contributed by atoms with Gasteiger partial charge in [-0.3, -0.25) is 19.7 Å². The minimum absolute atomic E-state index is 0.231. The number of hydrogen-bond donors (Lipinski definition) is 1. The summed E-state index contributed by atoms with van der Waals surface area (Å²) in [7, 11) is 0. The largest absolute Gasteiger partial charge is 0.456 e. The van der Waals surface area contributed by atoms with Crippen molar-refractivity contribution in [3.05, 3.63) is 33.9 Å². The zero-order valence-corrected chi connectivity index (χ0v) is 14.8. The third-order valence-corrected chi connectivity index (χ3v) is 5.47. The fourth-order valence-electron chi connectivity index (χ4n) is 4.20. The molecule has 3 rings (SSSR count). The van der Waals surface area contributed by atoms with Gasteiger partial charge >= 0.3 is 12.1 Å². The summed E-state index contributed by atoms with van der Waals surface area (Å²) in [5.41, 5.74) is -2.49. The van der Waals surface area contributed by atoms with Crippen LogP contribution in [0.4, 0.5) is 24.5 Å². The number of fused-ring (bicyclic) bond motifs is 2. The second-order valence-corrected chi connectivity index (χ2v) is 7.33. The number of amides is 1. The maximum absolute atomic E-state index is 12.7. The lowest BCUT2D eigenvalue weighted by Crippen LogP contribution is -2.23. The van der Waals surface area contributed by atoms with E-state index in [1.54, 1.807) is 0 Å². The molecule has 152 valence electrons. The number of nitrogens with one attached hydrogen (secondary N) is 1. The van der Waals surface area contributed by atoms with Crippen molar-refractivity contribution in [3.8, 4) is 0 Å². The van der Waals surface area contributed by atoms with Gasteiger partial charge in [0.25, 0.3) is 11.6 Å². The van der Waals surface area contributed by atoms with Gasteiger partial charge in [-0.25, -0.2) is 0 Å². The number of esters is 1. The van der Waals surface area contributed by atoms with Crippen LogP contribution in [0.3, 0.4) is 0 Å². The van der Waals surface area contributed by atoms with Crippen LogP contribution in [0.15, 0.2) is 18.2 Å². The number of carbonyl (C=O) groups is 2. The zero-order chi connectivity index (χ0) is 20.5. The number of rotatable bonds is 6. The normalized spacial score (nSPS) is 23.5. The van der Waals surface area contributed by atoms with Crippen molar-refractivity contribution in [2.75, 3.05) is 11.9 Å². The summed E-state index contributed by atoms with van der Waals surface area (Å²) in [6.07, 6.45) is -0.0810. The summed E-state index contributed by atoms with van der Waals surface area (Å²) >= 11 is 0. The van der Waals surface area contributed by atoms with Crippen LogP contribution in [0.5, 0.6) is 0 Å². The van der Waals surface area contributed by atoms with Crippen molar-refractivity contribution in [1.82, 2.24) is 0 Å². The lowest BCUT2D eigenvalue weighted by molar-refractivity contribution is -0.384. The maximum atomic E-state index is 12.7. The minimum Gasteiger partial charge on any atom is -0.456 e. The molecular weight excluding hydrogens is 381 g/mol. The van der Waals surface area contributed by atoms with Crippen molar-refractivity contribution in [2.24, 2.45) is 17.8 Å². The lowest BCUT2D eigenvalue weighted by Gasteiger charge is -2.20. The molecule has 0 spiro atoms. The monoisotopic (exact) mass is 400 g/mol. The van der Waals surface area contributed by atoms with E-state index in [-0.39, 0.29) is 12.3 Å². The van der Waals surface area contributed by atoms with E-state index in [2.05, 4.69) is 5.32 Å². The summed E-state index contributed by atoms with van der Waals surface area (Å²) in [5.74, 6) is 0.0940.